The molecule has 0 saturated heterocycles. The molecule has 6 heteroatoms. The largest absolute Gasteiger partial charge is 0.308 e. The van der Waals surface area contributed by atoms with Crippen molar-refractivity contribution in [2.45, 2.75) is 32.2 Å². The average Bonchev–Trinajstić information content (AvgIpc) is 2.80. The summed E-state index contributed by atoms with van der Waals surface area (Å²) in [6, 6.07) is 0.0421. The molecule has 0 aliphatic carbocycles. The molecule has 5 nitrogen and oxygen atoms in total. The zero-order valence-electron chi connectivity index (χ0n) is 11.0. The monoisotopic (exact) mass is 263 g/mol. The van der Waals surface area contributed by atoms with Crippen molar-refractivity contribution in [1.29, 1.82) is 0 Å². The van der Waals surface area contributed by atoms with Gasteiger partial charge in [-0.2, -0.15) is 0 Å². The van der Waals surface area contributed by atoms with E-state index in [9.17, 15) is 0 Å². The van der Waals surface area contributed by atoms with Gasteiger partial charge in [0.25, 0.3) is 0 Å². The smallest absolute Gasteiger partial charge is 0.115 e. The van der Waals surface area contributed by atoms with E-state index in [0.29, 0.717) is 0 Å². The van der Waals surface area contributed by atoms with Gasteiger partial charge in [0.05, 0.1) is 16.6 Å². The first-order valence-electron chi connectivity index (χ1n) is 5.79. The number of hydrogen-bond donors (Lipinski definition) is 1. The van der Waals surface area contributed by atoms with Gasteiger partial charge in [0, 0.05) is 23.4 Å². The quantitative estimate of drug-likeness (QED) is 0.916. The van der Waals surface area contributed by atoms with Crippen LogP contribution in [0.2, 0.25) is 0 Å². The summed E-state index contributed by atoms with van der Waals surface area (Å²) in [5.74, 6) is 0. The first-order valence-corrected chi connectivity index (χ1v) is 6.56. The Morgan fingerprint density at radius 3 is 2.44 bits per heavy atom. The predicted octanol–water partition coefficient (Wildman–Crippen LogP) is 1.93. The van der Waals surface area contributed by atoms with Gasteiger partial charge in [-0.05, 0) is 18.6 Å². The van der Waals surface area contributed by atoms with E-state index >= 15 is 0 Å². The third-order valence-electron chi connectivity index (χ3n) is 2.69. The predicted molar refractivity (Wildman–Crippen MR) is 71.5 cm³/mol. The van der Waals surface area contributed by atoms with Gasteiger partial charge in [-0.15, -0.1) is 5.10 Å². The molecule has 0 radical (unpaired) electrons. The molecule has 0 aromatic carbocycles. The third-order valence-corrected chi connectivity index (χ3v) is 3.48. The lowest BCUT2D eigenvalue weighted by Gasteiger charge is -2.21. The van der Waals surface area contributed by atoms with E-state index in [1.54, 1.807) is 0 Å². The Hall–Kier alpha value is -1.40. The highest BCUT2D eigenvalue weighted by Crippen LogP contribution is 2.32. The molecular formula is C12H17N5S. The van der Waals surface area contributed by atoms with Crippen molar-refractivity contribution in [2.75, 3.05) is 7.05 Å². The van der Waals surface area contributed by atoms with Crippen molar-refractivity contribution in [2.24, 2.45) is 0 Å². The maximum Gasteiger partial charge on any atom is 0.115 e. The second kappa shape index (κ2) is 5.07. The molecule has 96 valence electrons. The number of aromatic nitrogens is 4. The minimum absolute atomic E-state index is 0.0208. The summed E-state index contributed by atoms with van der Waals surface area (Å²) < 4.78 is 4.09. The molecule has 2 aromatic rings. The van der Waals surface area contributed by atoms with Gasteiger partial charge in [0.2, 0.25) is 0 Å². The van der Waals surface area contributed by atoms with Crippen LogP contribution in [0.1, 0.15) is 42.9 Å². The second-order valence-electron chi connectivity index (χ2n) is 5.13. The minimum Gasteiger partial charge on any atom is -0.308 e. The van der Waals surface area contributed by atoms with Crippen LogP contribution < -0.4 is 5.32 Å². The molecule has 0 aliphatic heterocycles. The van der Waals surface area contributed by atoms with Crippen molar-refractivity contribution in [1.82, 2.24) is 24.9 Å². The zero-order chi connectivity index (χ0) is 13.2. The zero-order valence-corrected chi connectivity index (χ0v) is 11.8. The van der Waals surface area contributed by atoms with Crippen LogP contribution in [0.4, 0.5) is 0 Å². The molecule has 0 bridgehead atoms. The van der Waals surface area contributed by atoms with Gasteiger partial charge in [0.1, 0.15) is 6.33 Å². The molecule has 2 heterocycles. The summed E-state index contributed by atoms with van der Waals surface area (Å²) in [5.41, 5.74) is 2.03. The van der Waals surface area contributed by atoms with Crippen molar-refractivity contribution in [3.63, 3.8) is 0 Å². The molecule has 1 unspecified atom stereocenters. The van der Waals surface area contributed by atoms with Gasteiger partial charge in [0.15, 0.2) is 0 Å². The lowest BCUT2D eigenvalue weighted by atomic mass is 9.89. The number of nitrogens with zero attached hydrogens (tertiary/aromatic N) is 4. The SMILES string of the molecule is CNC(c1cncnc1)c1snnc1C(C)(C)C. The van der Waals surface area contributed by atoms with Gasteiger partial charge in [-0.1, -0.05) is 25.3 Å². The molecule has 0 aliphatic rings. The molecule has 0 saturated carbocycles. The van der Waals surface area contributed by atoms with Crippen molar-refractivity contribution in [3.05, 3.63) is 34.9 Å². The van der Waals surface area contributed by atoms with Crippen LogP contribution >= 0.6 is 11.5 Å². The Balaban J connectivity index is 2.44. The van der Waals surface area contributed by atoms with Crippen LogP contribution in [0.25, 0.3) is 0 Å². The molecule has 2 rings (SSSR count). The third kappa shape index (κ3) is 2.54. The van der Waals surface area contributed by atoms with Crippen LogP contribution in [0, 0.1) is 0 Å². The molecule has 18 heavy (non-hydrogen) atoms. The van der Waals surface area contributed by atoms with Gasteiger partial charge >= 0.3 is 0 Å². The number of nitrogens with one attached hydrogen (secondary N) is 1. The highest BCUT2D eigenvalue weighted by Gasteiger charge is 2.27. The van der Waals surface area contributed by atoms with E-state index in [4.69, 9.17) is 0 Å². The van der Waals surface area contributed by atoms with E-state index in [1.807, 2.05) is 19.4 Å². The minimum atomic E-state index is -0.0208. The summed E-state index contributed by atoms with van der Waals surface area (Å²) in [6.45, 7) is 6.42. The molecule has 1 N–H and O–H groups in total. The summed E-state index contributed by atoms with van der Waals surface area (Å²) in [6.07, 6.45) is 5.17. The fraction of sp³-hybridized carbons (Fsp3) is 0.500. The van der Waals surface area contributed by atoms with Crippen LogP contribution in [-0.4, -0.2) is 26.6 Å². The van der Waals surface area contributed by atoms with Crippen LogP contribution in [0.5, 0.6) is 0 Å². The Bertz CT molecular complexity index is 503. The van der Waals surface area contributed by atoms with Crippen LogP contribution in [-0.2, 0) is 5.41 Å². The fourth-order valence-electron chi connectivity index (χ4n) is 1.82. The van der Waals surface area contributed by atoms with Crippen molar-refractivity contribution >= 4 is 11.5 Å². The summed E-state index contributed by atoms with van der Waals surface area (Å²) in [7, 11) is 1.92. The number of rotatable bonds is 3. The molecule has 0 amide bonds. The molecular weight excluding hydrogens is 246 g/mol. The van der Waals surface area contributed by atoms with Crippen LogP contribution in [0.15, 0.2) is 18.7 Å². The van der Waals surface area contributed by atoms with E-state index in [0.717, 1.165) is 16.1 Å². The second-order valence-corrected chi connectivity index (χ2v) is 5.91. The summed E-state index contributed by atoms with van der Waals surface area (Å²) in [5, 5.41) is 7.55. The number of hydrogen-bond acceptors (Lipinski definition) is 6. The Kier molecular flexibility index (Phi) is 3.68. The Morgan fingerprint density at radius 2 is 1.89 bits per heavy atom. The van der Waals surface area contributed by atoms with Gasteiger partial charge < -0.3 is 5.32 Å². The van der Waals surface area contributed by atoms with Crippen molar-refractivity contribution < 1.29 is 0 Å². The summed E-state index contributed by atoms with van der Waals surface area (Å²) in [4.78, 5) is 9.26. The molecule has 1 atom stereocenters. The normalized spacial score (nSPS) is 13.6. The average molecular weight is 263 g/mol. The first-order chi connectivity index (χ1) is 8.54. The van der Waals surface area contributed by atoms with Crippen molar-refractivity contribution in [3.8, 4) is 0 Å². The topological polar surface area (TPSA) is 63.6 Å². The van der Waals surface area contributed by atoms with Gasteiger partial charge in [-0.25, -0.2) is 9.97 Å². The Labute approximate surface area is 111 Å². The van der Waals surface area contributed by atoms with E-state index in [-0.39, 0.29) is 11.5 Å². The molecule has 0 spiro atoms. The molecule has 0 fully saturated rings. The highest BCUT2D eigenvalue weighted by molar-refractivity contribution is 7.05. The lowest BCUT2D eigenvalue weighted by Crippen LogP contribution is -2.22. The van der Waals surface area contributed by atoms with Crippen LogP contribution in [0.3, 0.4) is 0 Å². The van der Waals surface area contributed by atoms with E-state index in [1.165, 1.54) is 17.9 Å². The maximum absolute atomic E-state index is 4.27. The Morgan fingerprint density at radius 1 is 1.22 bits per heavy atom. The van der Waals surface area contributed by atoms with Gasteiger partial charge in [-0.3, -0.25) is 0 Å². The lowest BCUT2D eigenvalue weighted by molar-refractivity contribution is 0.549. The standard InChI is InChI=1S/C12H17N5S/c1-12(2,3)11-10(18-17-16-11)9(13-4)8-5-14-7-15-6-8/h5-7,9,13H,1-4H3. The summed E-state index contributed by atoms with van der Waals surface area (Å²) >= 11 is 1.42. The van der Waals surface area contributed by atoms with E-state index in [2.05, 4.69) is 45.6 Å². The van der Waals surface area contributed by atoms with E-state index < -0.39 is 0 Å². The fourth-order valence-corrected chi connectivity index (χ4v) is 2.82. The molecule has 2 aromatic heterocycles. The highest BCUT2D eigenvalue weighted by atomic mass is 32.1. The first kappa shape index (κ1) is 13.0. The maximum atomic E-state index is 4.27.